The Bertz CT molecular complexity index is 1170. The molecule has 4 aromatic rings. The lowest BCUT2D eigenvalue weighted by Gasteiger charge is -2.13. The smallest absolute Gasteiger partial charge is 0.251 e. The first-order valence-corrected chi connectivity index (χ1v) is 11.0. The van der Waals surface area contributed by atoms with Crippen molar-refractivity contribution in [2.24, 2.45) is 0 Å². The average molecular weight is 429 g/mol. The van der Waals surface area contributed by atoms with E-state index in [1.54, 1.807) is 24.5 Å². The molecule has 164 valence electrons. The van der Waals surface area contributed by atoms with Crippen molar-refractivity contribution >= 4 is 16.9 Å². The summed E-state index contributed by atoms with van der Waals surface area (Å²) >= 11 is 0. The molecule has 1 amide bonds. The second-order valence-corrected chi connectivity index (χ2v) is 7.81. The molecule has 6 heteroatoms. The van der Waals surface area contributed by atoms with Gasteiger partial charge in [0.25, 0.3) is 5.91 Å². The number of nitrogens with zero attached hydrogens (tertiary/aromatic N) is 3. The third kappa shape index (κ3) is 4.97. The van der Waals surface area contributed by atoms with Crippen molar-refractivity contribution in [2.75, 3.05) is 6.61 Å². The topological polar surface area (TPSA) is 69.0 Å². The van der Waals surface area contributed by atoms with Gasteiger partial charge in [0.05, 0.1) is 24.1 Å². The highest BCUT2D eigenvalue weighted by molar-refractivity contribution is 5.93. The highest BCUT2D eigenvalue weighted by Crippen LogP contribution is 2.22. The number of pyridine rings is 1. The lowest BCUT2D eigenvalue weighted by molar-refractivity contribution is 0.0949. The third-order valence-corrected chi connectivity index (χ3v) is 5.73. The molecular weight excluding hydrogens is 400 g/mol. The number of benzene rings is 2. The molecule has 0 aliphatic carbocycles. The molecule has 1 N–H and O–H groups in total. The van der Waals surface area contributed by atoms with Crippen molar-refractivity contribution < 1.29 is 9.53 Å². The summed E-state index contributed by atoms with van der Waals surface area (Å²) in [7, 11) is 0. The van der Waals surface area contributed by atoms with Gasteiger partial charge in [0.1, 0.15) is 18.2 Å². The van der Waals surface area contributed by atoms with E-state index in [1.165, 1.54) is 5.56 Å². The molecular formula is C26H28N4O2. The van der Waals surface area contributed by atoms with Gasteiger partial charge in [0.2, 0.25) is 0 Å². The summed E-state index contributed by atoms with van der Waals surface area (Å²) in [5.74, 6) is 2.05. The van der Waals surface area contributed by atoms with Crippen molar-refractivity contribution in [3.63, 3.8) is 0 Å². The normalized spacial score (nSPS) is 11.9. The van der Waals surface area contributed by atoms with Crippen LogP contribution in [0.1, 0.15) is 47.9 Å². The molecule has 0 aliphatic rings. The summed E-state index contributed by atoms with van der Waals surface area (Å²) < 4.78 is 8.11. The Morgan fingerprint density at radius 1 is 1.06 bits per heavy atom. The van der Waals surface area contributed by atoms with Crippen LogP contribution in [0, 0.1) is 0 Å². The monoisotopic (exact) mass is 428 g/mol. The van der Waals surface area contributed by atoms with Crippen LogP contribution in [-0.4, -0.2) is 27.0 Å². The van der Waals surface area contributed by atoms with Crippen molar-refractivity contribution in [1.29, 1.82) is 0 Å². The van der Waals surface area contributed by atoms with Crippen LogP contribution in [0.2, 0.25) is 0 Å². The van der Waals surface area contributed by atoms with Crippen LogP contribution < -0.4 is 10.1 Å². The van der Waals surface area contributed by atoms with Gasteiger partial charge in [-0.25, -0.2) is 4.98 Å². The molecule has 4 rings (SSSR count). The summed E-state index contributed by atoms with van der Waals surface area (Å²) in [4.78, 5) is 21.1. The molecule has 0 fully saturated rings. The molecule has 2 aromatic carbocycles. The van der Waals surface area contributed by atoms with Crippen LogP contribution in [0.5, 0.6) is 5.75 Å². The maximum atomic E-state index is 12.4. The molecule has 32 heavy (non-hydrogen) atoms. The molecule has 2 aromatic heterocycles. The summed E-state index contributed by atoms with van der Waals surface area (Å²) in [6.45, 7) is 5.90. The molecule has 0 spiro atoms. The number of nitrogens with one attached hydrogen (secondary N) is 1. The van der Waals surface area contributed by atoms with Gasteiger partial charge in [-0.1, -0.05) is 38.1 Å². The van der Waals surface area contributed by atoms with Crippen molar-refractivity contribution in [1.82, 2.24) is 19.9 Å². The third-order valence-electron chi connectivity index (χ3n) is 5.73. The largest absolute Gasteiger partial charge is 0.492 e. The molecule has 6 nitrogen and oxygen atoms in total. The molecule has 0 bridgehead atoms. The number of aromatic nitrogens is 3. The van der Waals surface area contributed by atoms with Gasteiger partial charge in [-0.15, -0.1) is 0 Å². The van der Waals surface area contributed by atoms with Gasteiger partial charge in [-0.3, -0.25) is 9.78 Å². The first-order valence-electron chi connectivity index (χ1n) is 11.0. The minimum Gasteiger partial charge on any atom is -0.492 e. The number of rotatable bonds is 9. The average Bonchev–Trinajstić information content (AvgIpc) is 3.20. The molecule has 2 heterocycles. The van der Waals surface area contributed by atoms with Crippen molar-refractivity contribution in [3.8, 4) is 5.75 Å². The minimum absolute atomic E-state index is 0.149. The van der Waals surface area contributed by atoms with Gasteiger partial charge in [0.15, 0.2) is 0 Å². The Kier molecular flexibility index (Phi) is 6.80. The Labute approximate surface area is 188 Å². The first-order chi connectivity index (χ1) is 15.7. The SMILES string of the molecule is CCC(C)c1ccc(OCCn2c(CNC(=O)c3ccncc3)nc3ccccc32)cc1. The van der Waals surface area contributed by atoms with E-state index in [4.69, 9.17) is 9.72 Å². The van der Waals surface area contributed by atoms with Crippen molar-refractivity contribution in [2.45, 2.75) is 39.3 Å². The summed E-state index contributed by atoms with van der Waals surface area (Å²) in [5.41, 5.74) is 3.83. The second kappa shape index (κ2) is 10.1. The highest BCUT2D eigenvalue weighted by atomic mass is 16.5. The fourth-order valence-corrected chi connectivity index (χ4v) is 3.66. The lowest BCUT2D eigenvalue weighted by atomic mass is 9.99. The van der Waals surface area contributed by atoms with E-state index in [-0.39, 0.29) is 5.91 Å². The van der Waals surface area contributed by atoms with E-state index in [1.807, 2.05) is 36.4 Å². The Balaban J connectivity index is 1.44. The number of para-hydroxylation sites is 2. The summed E-state index contributed by atoms with van der Waals surface area (Å²) in [5, 5.41) is 2.96. The van der Waals surface area contributed by atoms with E-state index in [2.05, 4.69) is 40.8 Å². The Hall–Kier alpha value is -3.67. The number of fused-ring (bicyclic) bond motifs is 1. The van der Waals surface area contributed by atoms with Crippen LogP contribution in [-0.2, 0) is 13.1 Å². The highest BCUT2D eigenvalue weighted by Gasteiger charge is 2.13. The Morgan fingerprint density at radius 3 is 2.56 bits per heavy atom. The standard InChI is InChI=1S/C26H28N4O2/c1-3-19(2)20-8-10-22(11-9-20)32-17-16-30-24-7-5-4-6-23(24)29-25(30)18-28-26(31)21-12-14-27-15-13-21/h4-15,19H,3,16-18H2,1-2H3,(H,28,31). The maximum absolute atomic E-state index is 12.4. The fraction of sp³-hybridized carbons (Fsp3) is 0.269. The fourth-order valence-electron chi connectivity index (χ4n) is 3.66. The predicted molar refractivity (Wildman–Crippen MR) is 126 cm³/mol. The molecule has 1 unspecified atom stereocenters. The number of carbonyl (C=O) groups excluding carboxylic acids is 1. The van der Waals surface area contributed by atoms with Gasteiger partial charge < -0.3 is 14.6 Å². The van der Waals surface area contributed by atoms with E-state index in [0.717, 1.165) is 29.0 Å². The van der Waals surface area contributed by atoms with Crippen molar-refractivity contribution in [3.05, 3.63) is 90.0 Å². The molecule has 0 saturated carbocycles. The number of hydrogen-bond acceptors (Lipinski definition) is 4. The predicted octanol–water partition coefficient (Wildman–Crippen LogP) is 4.95. The number of hydrogen-bond donors (Lipinski definition) is 1. The first kappa shape index (κ1) is 21.6. The van der Waals surface area contributed by atoms with Crippen LogP contribution in [0.15, 0.2) is 73.1 Å². The number of imidazole rings is 1. The lowest BCUT2D eigenvalue weighted by Crippen LogP contribution is -2.25. The van der Waals surface area contributed by atoms with E-state index < -0.39 is 0 Å². The number of amides is 1. The van der Waals surface area contributed by atoms with Gasteiger partial charge >= 0.3 is 0 Å². The molecule has 0 saturated heterocycles. The van der Waals surface area contributed by atoms with Gasteiger partial charge in [-0.05, 0) is 54.3 Å². The maximum Gasteiger partial charge on any atom is 0.251 e. The van der Waals surface area contributed by atoms with E-state index in [0.29, 0.717) is 31.2 Å². The number of ether oxygens (including phenoxy) is 1. The zero-order valence-corrected chi connectivity index (χ0v) is 18.5. The van der Waals surface area contributed by atoms with Crippen LogP contribution >= 0.6 is 0 Å². The molecule has 1 atom stereocenters. The van der Waals surface area contributed by atoms with Crippen LogP contribution in [0.3, 0.4) is 0 Å². The molecule has 0 aliphatic heterocycles. The number of carbonyl (C=O) groups is 1. The zero-order valence-electron chi connectivity index (χ0n) is 18.5. The second-order valence-electron chi connectivity index (χ2n) is 7.81. The quantitative estimate of drug-likeness (QED) is 0.409. The van der Waals surface area contributed by atoms with E-state index >= 15 is 0 Å². The summed E-state index contributed by atoms with van der Waals surface area (Å²) in [6.07, 6.45) is 4.34. The van der Waals surface area contributed by atoms with Crippen LogP contribution in [0.25, 0.3) is 11.0 Å². The van der Waals surface area contributed by atoms with Gasteiger partial charge in [-0.2, -0.15) is 0 Å². The Morgan fingerprint density at radius 2 is 1.81 bits per heavy atom. The zero-order chi connectivity index (χ0) is 22.3. The minimum atomic E-state index is -0.149. The van der Waals surface area contributed by atoms with Gasteiger partial charge in [0, 0.05) is 18.0 Å². The summed E-state index contributed by atoms with van der Waals surface area (Å²) in [6, 6.07) is 19.7. The van der Waals surface area contributed by atoms with Crippen LogP contribution in [0.4, 0.5) is 0 Å². The molecule has 0 radical (unpaired) electrons. The van der Waals surface area contributed by atoms with E-state index in [9.17, 15) is 4.79 Å².